The number of hydrogen-bond acceptors (Lipinski definition) is 6. The van der Waals surface area contributed by atoms with Crippen LogP contribution in [0.2, 0.25) is 0 Å². The minimum Gasteiger partial charge on any atom is -0.485 e. The quantitative estimate of drug-likeness (QED) is 0.496. The van der Waals surface area contributed by atoms with Crippen molar-refractivity contribution < 1.29 is 23.9 Å². The fourth-order valence-electron chi connectivity index (χ4n) is 5.14. The van der Waals surface area contributed by atoms with Crippen molar-refractivity contribution in [3.63, 3.8) is 0 Å². The lowest BCUT2D eigenvalue weighted by atomic mass is 9.83. The van der Waals surface area contributed by atoms with Crippen LogP contribution in [0, 0.1) is 0 Å². The van der Waals surface area contributed by atoms with Crippen LogP contribution in [0.15, 0.2) is 54.6 Å². The summed E-state index contributed by atoms with van der Waals surface area (Å²) in [5, 5.41) is 0. The van der Waals surface area contributed by atoms with Crippen molar-refractivity contribution in [3.05, 3.63) is 71.3 Å². The van der Waals surface area contributed by atoms with Crippen molar-refractivity contribution in [2.75, 3.05) is 19.7 Å². The maximum absolute atomic E-state index is 13.2. The van der Waals surface area contributed by atoms with Gasteiger partial charge < -0.3 is 9.47 Å². The second-order valence-corrected chi connectivity index (χ2v) is 9.65. The van der Waals surface area contributed by atoms with Gasteiger partial charge in [-0.15, -0.1) is 0 Å². The fraction of sp³-hybridized carbons (Fsp3) is 0.429. The Morgan fingerprint density at radius 2 is 2.06 bits per heavy atom. The summed E-state index contributed by atoms with van der Waals surface area (Å²) in [6.45, 7) is 3.24. The molecule has 3 aliphatic heterocycles. The number of Topliss-reactive ketones (excluding diaryl/α,β-unsaturated/α-hetero) is 1. The highest BCUT2D eigenvalue weighted by atomic mass is 16.8. The molecule has 0 aromatic heterocycles. The second-order valence-electron chi connectivity index (χ2n) is 9.65. The third-order valence-electron chi connectivity index (χ3n) is 6.84. The minimum atomic E-state index is -0.479. The third kappa shape index (κ3) is 5.99. The number of hydroxylamine groups is 1. The van der Waals surface area contributed by atoms with E-state index >= 15 is 0 Å². The Balaban J connectivity index is 1.21. The summed E-state index contributed by atoms with van der Waals surface area (Å²) in [4.78, 5) is 32.9. The van der Waals surface area contributed by atoms with Gasteiger partial charge in [-0.3, -0.25) is 14.5 Å². The van der Waals surface area contributed by atoms with Crippen molar-refractivity contribution in [3.8, 4) is 5.75 Å². The van der Waals surface area contributed by atoms with Crippen molar-refractivity contribution in [2.45, 2.75) is 57.0 Å². The molecule has 0 aliphatic carbocycles. The molecule has 2 aromatic rings. The molecule has 5 rings (SSSR count). The SMILES string of the molecule is O=C(/C=C/c1ccc2c(c1)C(=O)CC1(CCCN(Cc3ccccc3)C1)O2)NOC1CCCCO1. The summed E-state index contributed by atoms with van der Waals surface area (Å²) < 4.78 is 11.9. The Hall–Kier alpha value is -3.00. The van der Waals surface area contributed by atoms with Crippen molar-refractivity contribution in [1.29, 1.82) is 0 Å². The van der Waals surface area contributed by atoms with E-state index in [9.17, 15) is 9.59 Å². The number of ether oxygens (including phenoxy) is 2. The Morgan fingerprint density at radius 3 is 2.89 bits per heavy atom. The average Bonchev–Trinajstić information content (AvgIpc) is 2.88. The van der Waals surface area contributed by atoms with Gasteiger partial charge in [-0.05, 0) is 61.6 Å². The highest BCUT2D eigenvalue weighted by molar-refractivity contribution is 6.01. The molecule has 1 amide bonds. The summed E-state index contributed by atoms with van der Waals surface area (Å²) in [6.07, 6.45) is 7.71. The summed E-state index contributed by atoms with van der Waals surface area (Å²) in [5.41, 5.74) is 4.53. The van der Waals surface area contributed by atoms with Crippen LogP contribution in [0.5, 0.6) is 5.75 Å². The van der Waals surface area contributed by atoms with Crippen molar-refractivity contribution in [1.82, 2.24) is 10.4 Å². The van der Waals surface area contributed by atoms with Crippen LogP contribution in [-0.2, 0) is 20.9 Å². The first-order valence-corrected chi connectivity index (χ1v) is 12.5. The summed E-state index contributed by atoms with van der Waals surface area (Å²) in [7, 11) is 0. The topological polar surface area (TPSA) is 77.1 Å². The van der Waals surface area contributed by atoms with E-state index in [1.807, 2.05) is 18.2 Å². The number of hydrogen-bond donors (Lipinski definition) is 1. The predicted molar refractivity (Wildman–Crippen MR) is 132 cm³/mol. The first-order chi connectivity index (χ1) is 17.1. The number of ketones is 1. The lowest BCUT2D eigenvalue weighted by Gasteiger charge is -2.45. The van der Waals surface area contributed by atoms with Crippen molar-refractivity contribution in [2.24, 2.45) is 0 Å². The van der Waals surface area contributed by atoms with Gasteiger partial charge in [0.15, 0.2) is 12.1 Å². The van der Waals surface area contributed by atoms with Gasteiger partial charge in [-0.1, -0.05) is 36.4 Å². The van der Waals surface area contributed by atoms with E-state index in [1.165, 1.54) is 11.6 Å². The molecule has 0 bridgehead atoms. The number of fused-ring (bicyclic) bond motifs is 1. The zero-order valence-electron chi connectivity index (χ0n) is 19.9. The first-order valence-electron chi connectivity index (χ1n) is 12.5. The lowest BCUT2D eigenvalue weighted by Crippen LogP contribution is -2.54. The zero-order valence-corrected chi connectivity index (χ0v) is 19.9. The Morgan fingerprint density at radius 1 is 1.17 bits per heavy atom. The zero-order chi connectivity index (χ0) is 24.1. The number of likely N-dealkylation sites (tertiary alicyclic amines) is 1. The van der Waals surface area contributed by atoms with E-state index in [-0.39, 0.29) is 11.7 Å². The third-order valence-corrected chi connectivity index (χ3v) is 6.84. The van der Waals surface area contributed by atoms with Gasteiger partial charge in [0, 0.05) is 32.2 Å². The smallest absolute Gasteiger partial charge is 0.267 e. The number of benzene rings is 2. The standard InChI is InChI=1S/C28H32N2O5/c31-24-18-28(14-6-15-30(20-28)19-22-7-2-1-3-8-22)34-25-12-10-21(17-23(24)25)11-13-26(32)29-35-27-9-4-5-16-33-27/h1-3,7-8,10-13,17,27H,4-6,9,14-16,18-20H2,(H,29,32)/b13-11+. The Kier molecular flexibility index (Phi) is 7.27. The molecule has 7 nitrogen and oxygen atoms in total. The van der Waals surface area contributed by atoms with Gasteiger partial charge in [0.25, 0.3) is 5.91 Å². The van der Waals surface area contributed by atoms with Crippen LogP contribution >= 0.6 is 0 Å². The molecule has 2 saturated heterocycles. The number of carbonyl (C=O) groups is 2. The molecule has 1 spiro atoms. The molecular formula is C28H32N2O5. The average molecular weight is 477 g/mol. The summed E-state index contributed by atoms with van der Waals surface area (Å²) >= 11 is 0. The summed E-state index contributed by atoms with van der Waals surface area (Å²) in [6, 6.07) is 15.9. The molecule has 184 valence electrons. The van der Waals surface area contributed by atoms with Gasteiger partial charge >= 0.3 is 0 Å². The number of carbonyl (C=O) groups excluding carboxylic acids is 2. The van der Waals surface area contributed by atoms with E-state index in [2.05, 4.69) is 34.6 Å². The fourth-order valence-corrected chi connectivity index (χ4v) is 5.14. The molecule has 0 saturated carbocycles. The van der Waals surface area contributed by atoms with Gasteiger partial charge in [0.1, 0.15) is 11.4 Å². The van der Waals surface area contributed by atoms with Crippen molar-refractivity contribution >= 4 is 17.8 Å². The van der Waals surface area contributed by atoms with Gasteiger partial charge in [-0.25, -0.2) is 10.3 Å². The monoisotopic (exact) mass is 476 g/mol. The van der Waals surface area contributed by atoms with Crippen LogP contribution < -0.4 is 10.2 Å². The van der Waals surface area contributed by atoms with E-state index in [4.69, 9.17) is 14.3 Å². The van der Waals surface area contributed by atoms with Gasteiger partial charge in [0.05, 0.1) is 12.0 Å². The van der Waals surface area contributed by atoms with E-state index < -0.39 is 11.9 Å². The molecule has 7 heteroatoms. The number of piperidine rings is 1. The Labute approximate surface area is 206 Å². The van der Waals surface area contributed by atoms with Crippen LogP contribution in [0.25, 0.3) is 6.08 Å². The highest BCUT2D eigenvalue weighted by Gasteiger charge is 2.43. The summed E-state index contributed by atoms with van der Waals surface area (Å²) in [5.74, 6) is 0.339. The van der Waals surface area contributed by atoms with Crippen LogP contribution in [-0.4, -0.2) is 48.2 Å². The van der Waals surface area contributed by atoms with E-state index in [1.54, 1.807) is 12.1 Å². The molecule has 3 heterocycles. The maximum Gasteiger partial charge on any atom is 0.267 e. The lowest BCUT2D eigenvalue weighted by molar-refractivity contribution is -0.198. The van der Waals surface area contributed by atoms with E-state index in [0.29, 0.717) is 24.3 Å². The maximum atomic E-state index is 13.2. The van der Waals surface area contributed by atoms with Crippen LogP contribution in [0.3, 0.4) is 0 Å². The molecule has 0 radical (unpaired) electrons. The van der Waals surface area contributed by atoms with Gasteiger partial charge in [0.2, 0.25) is 0 Å². The molecule has 3 aliphatic rings. The molecule has 2 atom stereocenters. The molecular weight excluding hydrogens is 444 g/mol. The van der Waals surface area contributed by atoms with Crippen LogP contribution in [0.4, 0.5) is 0 Å². The number of nitrogens with one attached hydrogen (secondary N) is 1. The van der Waals surface area contributed by atoms with Crippen LogP contribution in [0.1, 0.15) is 60.0 Å². The Bertz CT molecular complexity index is 1080. The first kappa shape index (κ1) is 23.7. The van der Waals surface area contributed by atoms with E-state index in [0.717, 1.165) is 57.3 Å². The molecule has 2 unspecified atom stereocenters. The second kappa shape index (κ2) is 10.7. The molecule has 35 heavy (non-hydrogen) atoms. The predicted octanol–water partition coefficient (Wildman–Crippen LogP) is 4.27. The molecule has 2 aromatic carbocycles. The number of amides is 1. The normalized spacial score (nSPS) is 24.8. The molecule has 1 N–H and O–H groups in total. The highest BCUT2D eigenvalue weighted by Crippen LogP contribution is 2.39. The minimum absolute atomic E-state index is 0.0882. The van der Waals surface area contributed by atoms with Gasteiger partial charge in [-0.2, -0.15) is 0 Å². The number of nitrogens with zero attached hydrogens (tertiary/aromatic N) is 1. The largest absolute Gasteiger partial charge is 0.485 e. The molecule has 2 fully saturated rings. The number of rotatable bonds is 6.